The summed E-state index contributed by atoms with van der Waals surface area (Å²) in [6, 6.07) is 8.74. The summed E-state index contributed by atoms with van der Waals surface area (Å²) in [4.78, 5) is 24.4. The summed E-state index contributed by atoms with van der Waals surface area (Å²) in [5.74, 6) is -0.464. The van der Waals surface area contributed by atoms with E-state index in [2.05, 4.69) is 10.4 Å². The van der Waals surface area contributed by atoms with Crippen molar-refractivity contribution >= 4 is 21.6 Å². The molecule has 0 spiro atoms. The Morgan fingerprint density at radius 1 is 1.10 bits per heavy atom. The summed E-state index contributed by atoms with van der Waals surface area (Å²) in [5.41, 5.74) is 0.313. The van der Waals surface area contributed by atoms with Gasteiger partial charge in [-0.1, -0.05) is 13.3 Å². The van der Waals surface area contributed by atoms with Crippen LogP contribution in [0, 0.1) is 0 Å². The molecule has 0 bridgehead atoms. The lowest BCUT2D eigenvalue weighted by Crippen LogP contribution is -2.47. The van der Waals surface area contributed by atoms with E-state index in [9.17, 15) is 18.0 Å². The summed E-state index contributed by atoms with van der Waals surface area (Å²) in [7, 11) is -3.60. The molecule has 1 aromatic heterocycles. The van der Waals surface area contributed by atoms with Crippen LogP contribution in [0.15, 0.2) is 46.1 Å². The molecule has 30 heavy (non-hydrogen) atoms. The van der Waals surface area contributed by atoms with Gasteiger partial charge in [0.05, 0.1) is 4.90 Å². The highest BCUT2D eigenvalue weighted by atomic mass is 32.2. The van der Waals surface area contributed by atoms with Crippen LogP contribution in [0.2, 0.25) is 0 Å². The van der Waals surface area contributed by atoms with Gasteiger partial charge in [0.15, 0.2) is 0 Å². The van der Waals surface area contributed by atoms with Gasteiger partial charge in [0, 0.05) is 30.4 Å². The van der Waals surface area contributed by atoms with Crippen LogP contribution in [-0.2, 0) is 16.6 Å². The number of benzene rings is 1. The number of piperidine rings is 1. The number of hydrogen-bond donors (Lipinski definition) is 1. The van der Waals surface area contributed by atoms with Gasteiger partial charge in [-0.2, -0.15) is 9.40 Å². The molecule has 1 aromatic carbocycles. The van der Waals surface area contributed by atoms with Gasteiger partial charge in [-0.3, -0.25) is 9.59 Å². The smallest absolute Gasteiger partial charge is 0.276 e. The average molecular weight is 433 g/mol. The second-order valence-corrected chi connectivity index (χ2v) is 9.57. The van der Waals surface area contributed by atoms with Crippen molar-refractivity contribution in [2.24, 2.45) is 0 Å². The fourth-order valence-electron chi connectivity index (χ4n) is 3.84. The molecule has 9 heteroatoms. The Morgan fingerprint density at radius 2 is 1.73 bits per heavy atom. The summed E-state index contributed by atoms with van der Waals surface area (Å²) in [5, 5.41) is 6.78. The minimum Gasteiger partial charge on any atom is -0.321 e. The molecule has 8 nitrogen and oxygen atoms in total. The number of nitrogens with one attached hydrogen (secondary N) is 1. The number of aromatic nitrogens is 2. The Bertz CT molecular complexity index is 1050. The molecule has 0 aliphatic carbocycles. The Balaban J connectivity index is 1.77. The molecule has 1 saturated heterocycles. The quantitative estimate of drug-likeness (QED) is 0.756. The third kappa shape index (κ3) is 4.62. The number of aryl methyl sites for hydroxylation is 1. The molecule has 1 fully saturated rings. The van der Waals surface area contributed by atoms with Crippen molar-refractivity contribution in [3.05, 3.63) is 52.4 Å². The van der Waals surface area contributed by atoms with Crippen LogP contribution in [-0.4, -0.2) is 40.5 Å². The lowest BCUT2D eigenvalue weighted by molar-refractivity contribution is 0.101. The van der Waals surface area contributed by atoms with Crippen LogP contribution < -0.4 is 10.9 Å². The Hall–Kier alpha value is -2.52. The predicted molar refractivity (Wildman–Crippen MR) is 115 cm³/mol. The maximum atomic E-state index is 13.1. The fourth-order valence-corrected chi connectivity index (χ4v) is 5.72. The fraction of sp³-hybridized carbons (Fsp3) is 0.476. The summed E-state index contributed by atoms with van der Waals surface area (Å²) >= 11 is 0. The van der Waals surface area contributed by atoms with Crippen LogP contribution >= 0.6 is 0 Å². The Kier molecular flexibility index (Phi) is 6.72. The van der Waals surface area contributed by atoms with Crippen molar-refractivity contribution in [3.63, 3.8) is 0 Å². The first-order valence-corrected chi connectivity index (χ1v) is 11.7. The van der Waals surface area contributed by atoms with Gasteiger partial charge in [0.25, 0.3) is 11.5 Å². The number of rotatable bonds is 6. The molecule has 0 saturated carbocycles. The zero-order chi connectivity index (χ0) is 21.9. The monoisotopic (exact) mass is 432 g/mol. The second-order valence-electron chi connectivity index (χ2n) is 7.72. The number of anilines is 1. The van der Waals surface area contributed by atoms with E-state index in [-0.39, 0.29) is 28.2 Å². The summed E-state index contributed by atoms with van der Waals surface area (Å²) in [6.07, 6.45) is 3.46. The molecule has 2 heterocycles. The average Bonchev–Trinajstić information content (AvgIpc) is 2.70. The van der Waals surface area contributed by atoms with Gasteiger partial charge in [-0.15, -0.1) is 0 Å². The molecule has 0 radical (unpaired) electrons. The second kappa shape index (κ2) is 9.09. The van der Waals surface area contributed by atoms with Gasteiger partial charge >= 0.3 is 0 Å². The van der Waals surface area contributed by atoms with E-state index in [0.717, 1.165) is 25.7 Å². The van der Waals surface area contributed by atoms with E-state index < -0.39 is 15.9 Å². The van der Waals surface area contributed by atoms with Crippen LogP contribution in [0.1, 0.15) is 56.9 Å². The van der Waals surface area contributed by atoms with Crippen molar-refractivity contribution in [2.45, 2.75) is 70.0 Å². The van der Waals surface area contributed by atoms with Gasteiger partial charge < -0.3 is 5.32 Å². The molecular formula is C21H28N4O4S. The van der Waals surface area contributed by atoms with Crippen LogP contribution in [0.25, 0.3) is 0 Å². The van der Waals surface area contributed by atoms with E-state index in [0.29, 0.717) is 12.2 Å². The first-order chi connectivity index (χ1) is 14.2. The molecule has 162 valence electrons. The summed E-state index contributed by atoms with van der Waals surface area (Å²) < 4.78 is 29.0. The number of sulfonamides is 1. The molecule has 0 unspecified atom stereocenters. The SMILES string of the molecule is CCCn1nc(C(=O)Nc2ccc(S(=O)(=O)N3[C@H](C)CCC[C@@H]3C)cc2)ccc1=O. The minimum absolute atomic E-state index is 0.0389. The van der Waals surface area contributed by atoms with E-state index in [1.54, 1.807) is 16.4 Å². The molecule has 1 amide bonds. The zero-order valence-corrected chi connectivity index (χ0v) is 18.4. The molecule has 1 N–H and O–H groups in total. The highest BCUT2D eigenvalue weighted by Gasteiger charge is 2.35. The van der Waals surface area contributed by atoms with E-state index in [1.807, 2.05) is 20.8 Å². The highest BCUT2D eigenvalue weighted by molar-refractivity contribution is 7.89. The van der Waals surface area contributed by atoms with Gasteiger partial charge in [-0.25, -0.2) is 13.1 Å². The van der Waals surface area contributed by atoms with Gasteiger partial charge in [-0.05, 0) is 63.4 Å². The third-order valence-corrected chi connectivity index (χ3v) is 7.48. The lowest BCUT2D eigenvalue weighted by Gasteiger charge is -2.37. The summed E-state index contributed by atoms with van der Waals surface area (Å²) in [6.45, 7) is 6.22. The van der Waals surface area contributed by atoms with Crippen molar-refractivity contribution in [1.82, 2.24) is 14.1 Å². The van der Waals surface area contributed by atoms with Crippen molar-refractivity contribution in [2.75, 3.05) is 5.32 Å². The molecule has 2 aromatic rings. The van der Waals surface area contributed by atoms with E-state index in [1.165, 1.54) is 28.9 Å². The predicted octanol–water partition coefficient (Wildman–Crippen LogP) is 2.86. The molecule has 1 aliphatic rings. The molecular weight excluding hydrogens is 404 g/mol. The number of carbonyl (C=O) groups is 1. The molecule has 3 rings (SSSR count). The van der Waals surface area contributed by atoms with Crippen LogP contribution in [0.5, 0.6) is 0 Å². The lowest BCUT2D eigenvalue weighted by atomic mass is 10.0. The maximum Gasteiger partial charge on any atom is 0.276 e. The van der Waals surface area contributed by atoms with Gasteiger partial charge in [0.1, 0.15) is 5.69 Å². The molecule has 1 aliphatic heterocycles. The Labute approximate surface area is 177 Å². The highest BCUT2D eigenvalue weighted by Crippen LogP contribution is 2.29. The first kappa shape index (κ1) is 22.2. The Morgan fingerprint density at radius 3 is 2.33 bits per heavy atom. The molecule has 2 atom stereocenters. The van der Waals surface area contributed by atoms with Crippen LogP contribution in [0.3, 0.4) is 0 Å². The van der Waals surface area contributed by atoms with E-state index in [4.69, 9.17) is 0 Å². The van der Waals surface area contributed by atoms with Crippen LogP contribution in [0.4, 0.5) is 5.69 Å². The van der Waals surface area contributed by atoms with Gasteiger partial charge in [0.2, 0.25) is 10.0 Å². The van der Waals surface area contributed by atoms with E-state index >= 15 is 0 Å². The third-order valence-electron chi connectivity index (χ3n) is 5.33. The van der Waals surface area contributed by atoms with Crippen molar-refractivity contribution in [1.29, 1.82) is 0 Å². The van der Waals surface area contributed by atoms with Crippen molar-refractivity contribution in [3.8, 4) is 0 Å². The number of carbonyl (C=O) groups excluding carboxylic acids is 1. The number of nitrogens with zero attached hydrogens (tertiary/aromatic N) is 3. The first-order valence-electron chi connectivity index (χ1n) is 10.3. The number of hydrogen-bond acceptors (Lipinski definition) is 5. The maximum absolute atomic E-state index is 13.1. The standard InChI is InChI=1S/C21H28N4O4S/c1-4-14-24-20(26)13-12-19(23-24)21(27)22-17-8-10-18(11-9-17)30(28,29)25-15(2)6-5-7-16(25)3/h8-13,15-16H,4-7,14H2,1-3H3,(H,22,27)/t15-,16+. The zero-order valence-electron chi connectivity index (χ0n) is 17.5. The largest absolute Gasteiger partial charge is 0.321 e. The van der Waals surface area contributed by atoms with Crippen molar-refractivity contribution < 1.29 is 13.2 Å². The number of amides is 1. The normalized spacial score (nSPS) is 20.1. The topological polar surface area (TPSA) is 101 Å². The minimum atomic E-state index is -3.60.